The van der Waals surface area contributed by atoms with Gasteiger partial charge >= 0.3 is 5.97 Å². The predicted molar refractivity (Wildman–Crippen MR) is 59.9 cm³/mol. The minimum Gasteiger partial charge on any atom is -0.481 e. The van der Waals surface area contributed by atoms with Crippen molar-refractivity contribution in [3.05, 3.63) is 11.7 Å². The Hall–Kier alpha value is -1.92. The lowest BCUT2D eigenvalue weighted by molar-refractivity contribution is -0.138. The zero-order valence-corrected chi connectivity index (χ0v) is 9.89. The fourth-order valence-electron chi connectivity index (χ4n) is 1.49. The van der Waals surface area contributed by atoms with Crippen LogP contribution in [-0.4, -0.2) is 33.7 Å². The number of aromatic nitrogens is 2. The maximum absolute atomic E-state index is 11.2. The Kier molecular flexibility index (Phi) is 3.91. The molecule has 0 radical (unpaired) electrons. The van der Waals surface area contributed by atoms with Gasteiger partial charge in [-0.2, -0.15) is 4.98 Å². The second-order valence-corrected chi connectivity index (χ2v) is 4.31. The van der Waals surface area contributed by atoms with E-state index in [0.29, 0.717) is 24.8 Å². The molecule has 1 amide bonds. The number of carbonyl (C=O) groups is 2. The van der Waals surface area contributed by atoms with Crippen molar-refractivity contribution in [3.8, 4) is 0 Å². The van der Waals surface area contributed by atoms with Crippen molar-refractivity contribution < 1.29 is 19.2 Å². The van der Waals surface area contributed by atoms with E-state index >= 15 is 0 Å². The Morgan fingerprint density at radius 3 is 2.83 bits per heavy atom. The molecule has 0 unspecified atom stereocenters. The quantitative estimate of drug-likeness (QED) is 0.731. The van der Waals surface area contributed by atoms with Crippen LogP contribution in [0.1, 0.15) is 43.3 Å². The van der Waals surface area contributed by atoms with Gasteiger partial charge in [-0.1, -0.05) is 5.16 Å². The first kappa shape index (κ1) is 12.5. The largest absolute Gasteiger partial charge is 0.481 e. The van der Waals surface area contributed by atoms with Crippen LogP contribution in [0.25, 0.3) is 0 Å². The van der Waals surface area contributed by atoms with E-state index in [0.717, 1.165) is 18.7 Å². The molecule has 1 aliphatic rings. The van der Waals surface area contributed by atoms with E-state index in [9.17, 15) is 9.59 Å². The Bertz CT molecular complexity index is 439. The van der Waals surface area contributed by atoms with E-state index in [1.165, 1.54) is 0 Å². The normalized spacial score (nSPS) is 14.4. The van der Waals surface area contributed by atoms with Crippen LogP contribution < -0.4 is 5.32 Å². The fourth-order valence-corrected chi connectivity index (χ4v) is 1.49. The molecular weight excluding hydrogens is 238 g/mol. The first-order valence-electron chi connectivity index (χ1n) is 5.96. The summed E-state index contributed by atoms with van der Waals surface area (Å²) in [6.45, 7) is 0.380. The molecule has 0 spiro atoms. The molecule has 7 nitrogen and oxygen atoms in total. The summed E-state index contributed by atoms with van der Waals surface area (Å²) in [5.41, 5.74) is 0. The molecule has 2 N–H and O–H groups in total. The molecule has 1 aromatic rings. The summed E-state index contributed by atoms with van der Waals surface area (Å²) < 4.78 is 5.04. The lowest BCUT2D eigenvalue weighted by atomic mass is 10.3. The number of hydrogen-bond donors (Lipinski definition) is 2. The maximum Gasteiger partial charge on any atom is 0.303 e. The highest BCUT2D eigenvalue weighted by Crippen LogP contribution is 2.38. The van der Waals surface area contributed by atoms with Gasteiger partial charge in [-0.05, 0) is 12.8 Å². The molecule has 0 bridgehead atoms. The number of carbonyl (C=O) groups excluding carboxylic acids is 1. The number of aliphatic carboxylic acids is 1. The molecule has 1 fully saturated rings. The van der Waals surface area contributed by atoms with E-state index in [4.69, 9.17) is 9.63 Å². The van der Waals surface area contributed by atoms with Gasteiger partial charge in [0.05, 0.1) is 6.42 Å². The van der Waals surface area contributed by atoms with Crippen molar-refractivity contribution >= 4 is 11.9 Å². The van der Waals surface area contributed by atoms with Gasteiger partial charge in [-0.15, -0.1) is 0 Å². The Morgan fingerprint density at radius 2 is 2.17 bits per heavy atom. The summed E-state index contributed by atoms with van der Waals surface area (Å²) in [7, 11) is 0. The molecule has 0 saturated heterocycles. The van der Waals surface area contributed by atoms with E-state index in [2.05, 4.69) is 15.5 Å². The zero-order chi connectivity index (χ0) is 13.0. The number of nitrogens with one attached hydrogen (secondary N) is 1. The Morgan fingerprint density at radius 1 is 1.39 bits per heavy atom. The lowest BCUT2D eigenvalue weighted by Crippen LogP contribution is -2.26. The third kappa shape index (κ3) is 3.83. The smallest absolute Gasteiger partial charge is 0.303 e. The summed E-state index contributed by atoms with van der Waals surface area (Å²) in [6.07, 6.45) is 2.54. The van der Waals surface area contributed by atoms with E-state index in [1.807, 2.05) is 0 Å². The standard InChI is InChI=1S/C11H15N3O4/c15-8(3-4-10(16)17)12-6-5-9-13-11(14-18-9)7-1-2-7/h7H,1-6H2,(H,12,15)(H,16,17). The number of rotatable bonds is 7. The summed E-state index contributed by atoms with van der Waals surface area (Å²) in [6, 6.07) is 0. The number of nitrogens with zero attached hydrogens (tertiary/aromatic N) is 2. The van der Waals surface area contributed by atoms with Crippen molar-refractivity contribution in [1.29, 1.82) is 0 Å². The van der Waals surface area contributed by atoms with Gasteiger partial charge < -0.3 is 14.9 Å². The molecule has 1 heterocycles. The van der Waals surface area contributed by atoms with Crippen LogP contribution in [0.2, 0.25) is 0 Å². The van der Waals surface area contributed by atoms with Gasteiger partial charge in [0.2, 0.25) is 11.8 Å². The number of amides is 1. The third-order valence-electron chi connectivity index (χ3n) is 2.65. The average Bonchev–Trinajstić information content (AvgIpc) is 3.07. The molecular formula is C11H15N3O4. The van der Waals surface area contributed by atoms with Crippen molar-refractivity contribution in [2.45, 2.75) is 38.0 Å². The van der Waals surface area contributed by atoms with Crippen LogP contribution in [0.15, 0.2) is 4.52 Å². The topological polar surface area (TPSA) is 105 Å². The lowest BCUT2D eigenvalue weighted by Gasteiger charge is -2.01. The summed E-state index contributed by atoms with van der Waals surface area (Å²) >= 11 is 0. The fraction of sp³-hybridized carbons (Fsp3) is 0.636. The highest BCUT2D eigenvalue weighted by molar-refractivity contribution is 5.80. The van der Waals surface area contributed by atoms with Crippen molar-refractivity contribution in [2.75, 3.05) is 6.54 Å². The molecule has 0 aromatic carbocycles. The zero-order valence-electron chi connectivity index (χ0n) is 9.89. The second kappa shape index (κ2) is 5.61. The summed E-state index contributed by atoms with van der Waals surface area (Å²) in [4.78, 5) is 25.7. The van der Waals surface area contributed by atoms with Crippen molar-refractivity contribution in [2.24, 2.45) is 0 Å². The van der Waals surface area contributed by atoms with Crippen LogP contribution in [0.5, 0.6) is 0 Å². The summed E-state index contributed by atoms with van der Waals surface area (Å²) in [5.74, 6) is 0.459. The van der Waals surface area contributed by atoms with Crippen molar-refractivity contribution in [3.63, 3.8) is 0 Å². The summed E-state index contributed by atoms with van der Waals surface area (Å²) in [5, 5.41) is 14.9. The Labute approximate surface area is 104 Å². The number of carboxylic acid groups (broad SMARTS) is 1. The molecule has 0 atom stereocenters. The maximum atomic E-state index is 11.2. The van der Waals surface area contributed by atoms with Gasteiger partial charge in [0.25, 0.3) is 0 Å². The monoisotopic (exact) mass is 253 g/mol. The van der Waals surface area contributed by atoms with Gasteiger partial charge in [-0.3, -0.25) is 9.59 Å². The van der Waals surface area contributed by atoms with E-state index in [-0.39, 0.29) is 18.7 Å². The van der Waals surface area contributed by atoms with Gasteiger partial charge in [0.1, 0.15) is 0 Å². The van der Waals surface area contributed by atoms with E-state index in [1.54, 1.807) is 0 Å². The molecule has 2 rings (SSSR count). The third-order valence-corrected chi connectivity index (χ3v) is 2.65. The molecule has 98 valence electrons. The number of hydrogen-bond acceptors (Lipinski definition) is 5. The van der Waals surface area contributed by atoms with Crippen molar-refractivity contribution in [1.82, 2.24) is 15.5 Å². The van der Waals surface area contributed by atoms with Crippen LogP contribution in [0.4, 0.5) is 0 Å². The first-order valence-corrected chi connectivity index (χ1v) is 5.96. The Balaban J connectivity index is 1.64. The van der Waals surface area contributed by atoms with Crippen LogP contribution in [0.3, 0.4) is 0 Å². The van der Waals surface area contributed by atoms with Crippen LogP contribution in [0, 0.1) is 0 Å². The highest BCUT2D eigenvalue weighted by atomic mass is 16.5. The number of carboxylic acids is 1. The minimum atomic E-state index is -0.976. The minimum absolute atomic E-state index is 0.00745. The molecule has 0 aliphatic heterocycles. The molecule has 1 aromatic heterocycles. The SMILES string of the molecule is O=C(O)CCC(=O)NCCc1nc(C2CC2)no1. The van der Waals surface area contributed by atoms with Gasteiger partial charge in [0, 0.05) is 25.3 Å². The van der Waals surface area contributed by atoms with Crippen LogP contribution >= 0.6 is 0 Å². The molecule has 18 heavy (non-hydrogen) atoms. The van der Waals surface area contributed by atoms with Crippen LogP contribution in [-0.2, 0) is 16.0 Å². The molecule has 1 saturated carbocycles. The van der Waals surface area contributed by atoms with Gasteiger partial charge in [-0.25, -0.2) is 0 Å². The second-order valence-electron chi connectivity index (χ2n) is 4.31. The van der Waals surface area contributed by atoms with E-state index < -0.39 is 5.97 Å². The molecule has 7 heteroatoms. The first-order chi connectivity index (χ1) is 8.65. The average molecular weight is 253 g/mol. The predicted octanol–water partition coefficient (Wildman–Crippen LogP) is 0.470. The molecule has 1 aliphatic carbocycles. The highest BCUT2D eigenvalue weighted by Gasteiger charge is 2.28. The van der Waals surface area contributed by atoms with Gasteiger partial charge in [0.15, 0.2) is 5.82 Å².